The van der Waals surface area contributed by atoms with Crippen LogP contribution >= 0.6 is 11.3 Å². The second-order valence-corrected chi connectivity index (χ2v) is 6.40. The van der Waals surface area contributed by atoms with Crippen LogP contribution in [0.2, 0.25) is 0 Å². The molecule has 1 aliphatic rings. The van der Waals surface area contributed by atoms with Gasteiger partial charge in [-0.15, -0.1) is 11.3 Å². The highest BCUT2D eigenvalue weighted by Crippen LogP contribution is 2.35. The van der Waals surface area contributed by atoms with Crippen LogP contribution in [0.4, 0.5) is 0 Å². The first-order valence-electron chi connectivity index (χ1n) is 5.80. The zero-order chi connectivity index (χ0) is 11.6. The molecule has 1 aliphatic carbocycles. The molecule has 0 N–H and O–H groups in total. The molecule has 0 amide bonds. The van der Waals surface area contributed by atoms with Gasteiger partial charge in [0, 0.05) is 11.3 Å². The molecule has 1 nitrogen and oxygen atoms in total. The van der Waals surface area contributed by atoms with E-state index in [9.17, 15) is 4.79 Å². The number of carbonyl (C=O) groups is 1. The molecule has 0 saturated heterocycles. The van der Waals surface area contributed by atoms with Gasteiger partial charge in [0.2, 0.25) is 0 Å². The Morgan fingerprint density at radius 3 is 2.75 bits per heavy atom. The zero-order valence-electron chi connectivity index (χ0n) is 9.95. The van der Waals surface area contributed by atoms with Crippen molar-refractivity contribution < 1.29 is 4.79 Å². The zero-order valence-corrected chi connectivity index (χ0v) is 10.8. The van der Waals surface area contributed by atoms with E-state index in [-0.39, 0.29) is 5.41 Å². The lowest BCUT2D eigenvalue weighted by atomic mass is 9.76. The van der Waals surface area contributed by atoms with Gasteiger partial charge < -0.3 is 0 Å². The van der Waals surface area contributed by atoms with E-state index in [1.54, 1.807) is 11.3 Å². The Kier molecular flexibility index (Phi) is 3.29. The molecule has 2 heteroatoms. The van der Waals surface area contributed by atoms with Crippen LogP contribution in [0, 0.1) is 5.41 Å². The van der Waals surface area contributed by atoms with Gasteiger partial charge >= 0.3 is 0 Å². The molecular weight excluding hydrogens is 216 g/mol. The van der Waals surface area contributed by atoms with Gasteiger partial charge in [-0.05, 0) is 42.2 Å². The molecule has 86 valence electrons. The second kappa shape index (κ2) is 4.54. The van der Waals surface area contributed by atoms with Crippen LogP contribution in [0.15, 0.2) is 29.2 Å². The molecule has 0 fully saturated rings. The molecule has 0 bridgehead atoms. The molecule has 0 spiro atoms. The monoisotopic (exact) mass is 234 g/mol. The third-order valence-electron chi connectivity index (χ3n) is 3.00. The van der Waals surface area contributed by atoms with Gasteiger partial charge in [0.05, 0.1) is 0 Å². The summed E-state index contributed by atoms with van der Waals surface area (Å²) in [5, 5.41) is 2.11. The van der Waals surface area contributed by atoms with Crippen molar-refractivity contribution >= 4 is 17.1 Å². The maximum absolute atomic E-state index is 11.6. The lowest BCUT2D eigenvalue weighted by Crippen LogP contribution is -2.21. The lowest BCUT2D eigenvalue weighted by molar-refractivity contribution is -0.117. The summed E-state index contributed by atoms with van der Waals surface area (Å²) in [6.07, 6.45) is 5.76. The SMILES string of the molecule is CC1(C)CC(=O)C=C(CCc2cccs2)C1. The van der Waals surface area contributed by atoms with Gasteiger partial charge in [0.25, 0.3) is 0 Å². The fourth-order valence-electron chi connectivity index (χ4n) is 2.38. The number of allylic oxidation sites excluding steroid dienone is 2. The highest BCUT2D eigenvalue weighted by atomic mass is 32.1. The van der Waals surface area contributed by atoms with Crippen molar-refractivity contribution in [3.8, 4) is 0 Å². The molecule has 0 saturated carbocycles. The normalized spacial score (nSPS) is 19.6. The number of ketones is 1. The predicted molar refractivity (Wildman–Crippen MR) is 68.7 cm³/mol. The first-order valence-corrected chi connectivity index (χ1v) is 6.68. The Morgan fingerprint density at radius 2 is 2.12 bits per heavy atom. The summed E-state index contributed by atoms with van der Waals surface area (Å²) in [5.74, 6) is 0.303. The van der Waals surface area contributed by atoms with E-state index in [2.05, 4.69) is 31.4 Å². The maximum Gasteiger partial charge on any atom is 0.156 e. The van der Waals surface area contributed by atoms with E-state index in [1.165, 1.54) is 10.5 Å². The van der Waals surface area contributed by atoms with Gasteiger partial charge in [0.1, 0.15) is 0 Å². The molecule has 2 rings (SSSR count). The Morgan fingerprint density at radius 1 is 1.31 bits per heavy atom. The van der Waals surface area contributed by atoms with Crippen molar-refractivity contribution in [1.82, 2.24) is 0 Å². The molecule has 1 heterocycles. The van der Waals surface area contributed by atoms with Crippen molar-refractivity contribution in [3.63, 3.8) is 0 Å². The van der Waals surface area contributed by atoms with Crippen molar-refractivity contribution in [2.24, 2.45) is 5.41 Å². The largest absolute Gasteiger partial charge is 0.295 e. The van der Waals surface area contributed by atoms with Crippen LogP contribution in [-0.4, -0.2) is 5.78 Å². The molecule has 0 unspecified atom stereocenters. The van der Waals surface area contributed by atoms with E-state index < -0.39 is 0 Å². The van der Waals surface area contributed by atoms with Gasteiger partial charge in [-0.1, -0.05) is 25.5 Å². The minimum absolute atomic E-state index is 0.163. The average Bonchev–Trinajstić information content (AvgIpc) is 2.63. The van der Waals surface area contributed by atoms with Crippen LogP contribution in [-0.2, 0) is 11.2 Å². The van der Waals surface area contributed by atoms with Gasteiger partial charge in [-0.2, -0.15) is 0 Å². The topological polar surface area (TPSA) is 17.1 Å². The van der Waals surface area contributed by atoms with Crippen LogP contribution in [0.25, 0.3) is 0 Å². The van der Waals surface area contributed by atoms with Crippen molar-refractivity contribution in [1.29, 1.82) is 0 Å². The minimum Gasteiger partial charge on any atom is -0.295 e. The highest BCUT2D eigenvalue weighted by molar-refractivity contribution is 7.09. The first kappa shape index (κ1) is 11.6. The number of aryl methyl sites for hydroxylation is 1. The molecule has 1 aromatic heterocycles. The molecule has 0 aliphatic heterocycles. The summed E-state index contributed by atoms with van der Waals surface area (Å²) in [6.45, 7) is 4.37. The summed E-state index contributed by atoms with van der Waals surface area (Å²) in [7, 11) is 0. The fourth-order valence-corrected chi connectivity index (χ4v) is 3.09. The fraction of sp³-hybridized carbons (Fsp3) is 0.500. The number of hydrogen-bond donors (Lipinski definition) is 0. The first-order chi connectivity index (χ1) is 7.55. The molecule has 0 atom stereocenters. The number of rotatable bonds is 3. The van der Waals surface area contributed by atoms with E-state index >= 15 is 0 Å². The summed E-state index contributed by atoms with van der Waals surface area (Å²) in [5.41, 5.74) is 1.49. The van der Waals surface area contributed by atoms with E-state index in [1.807, 2.05) is 6.08 Å². The Bertz CT molecular complexity index is 398. The van der Waals surface area contributed by atoms with Crippen LogP contribution in [0.1, 0.15) is 38.0 Å². The lowest BCUT2D eigenvalue weighted by Gasteiger charge is -2.28. The average molecular weight is 234 g/mol. The van der Waals surface area contributed by atoms with Gasteiger partial charge in [0.15, 0.2) is 5.78 Å². The van der Waals surface area contributed by atoms with Crippen LogP contribution in [0.5, 0.6) is 0 Å². The number of hydrogen-bond acceptors (Lipinski definition) is 2. The summed E-state index contributed by atoms with van der Waals surface area (Å²) in [4.78, 5) is 13.0. The van der Waals surface area contributed by atoms with Gasteiger partial charge in [-0.3, -0.25) is 4.79 Å². The van der Waals surface area contributed by atoms with Crippen molar-refractivity contribution in [2.45, 2.75) is 39.5 Å². The molecule has 0 aromatic carbocycles. The number of thiophene rings is 1. The third kappa shape index (κ3) is 3.05. The predicted octanol–water partition coefficient (Wildman–Crippen LogP) is 4.00. The molecule has 16 heavy (non-hydrogen) atoms. The summed E-state index contributed by atoms with van der Waals surface area (Å²) < 4.78 is 0. The smallest absolute Gasteiger partial charge is 0.156 e. The van der Waals surface area contributed by atoms with E-state index in [0.717, 1.165) is 19.3 Å². The molecule has 1 aromatic rings. The quantitative estimate of drug-likeness (QED) is 0.772. The van der Waals surface area contributed by atoms with E-state index in [4.69, 9.17) is 0 Å². The summed E-state index contributed by atoms with van der Waals surface area (Å²) >= 11 is 1.80. The second-order valence-electron chi connectivity index (χ2n) is 5.37. The van der Waals surface area contributed by atoms with Gasteiger partial charge in [-0.25, -0.2) is 0 Å². The standard InChI is InChI=1S/C14H18OS/c1-14(2)9-11(8-12(15)10-14)5-6-13-4-3-7-16-13/h3-4,7-8H,5-6,9-10H2,1-2H3. The Labute approximate surface area is 101 Å². The molecule has 0 radical (unpaired) electrons. The van der Waals surface area contributed by atoms with Crippen LogP contribution in [0.3, 0.4) is 0 Å². The third-order valence-corrected chi connectivity index (χ3v) is 3.93. The van der Waals surface area contributed by atoms with Crippen molar-refractivity contribution in [2.75, 3.05) is 0 Å². The Hall–Kier alpha value is -0.890. The maximum atomic E-state index is 11.6. The summed E-state index contributed by atoms with van der Waals surface area (Å²) in [6, 6.07) is 4.26. The highest BCUT2D eigenvalue weighted by Gasteiger charge is 2.26. The molecular formula is C14H18OS. The number of carbonyl (C=O) groups excluding carboxylic acids is 1. The van der Waals surface area contributed by atoms with E-state index in [0.29, 0.717) is 12.2 Å². The Balaban J connectivity index is 1.97. The van der Waals surface area contributed by atoms with Crippen LogP contribution < -0.4 is 0 Å². The minimum atomic E-state index is 0.163. The van der Waals surface area contributed by atoms with Crippen molar-refractivity contribution in [3.05, 3.63) is 34.0 Å².